The summed E-state index contributed by atoms with van der Waals surface area (Å²) in [6.07, 6.45) is 2.65. The minimum Gasteiger partial charge on any atom is -0.359 e. The van der Waals surface area contributed by atoms with Crippen molar-refractivity contribution in [2.24, 2.45) is 5.73 Å². The van der Waals surface area contributed by atoms with Gasteiger partial charge in [-0.1, -0.05) is 19.9 Å². The number of nitrogens with two attached hydrogens (primary N) is 1. The molecule has 4 heterocycles. The second-order valence-corrected chi connectivity index (χ2v) is 12.4. The zero-order chi connectivity index (χ0) is 27.9. The maximum atomic E-state index is 13.9. The van der Waals surface area contributed by atoms with Gasteiger partial charge < -0.3 is 20.4 Å². The molecule has 12 heteroatoms. The highest BCUT2D eigenvalue weighted by Crippen LogP contribution is 2.31. The molecule has 1 fully saturated rings. The monoisotopic (exact) mass is 554 g/mol. The second-order valence-electron chi connectivity index (χ2n) is 10.6. The van der Waals surface area contributed by atoms with E-state index in [2.05, 4.69) is 9.62 Å². The number of nitrogens with one attached hydrogen (secondary N) is 1. The zero-order valence-electron chi connectivity index (χ0n) is 23.1. The molecule has 0 saturated carbocycles. The van der Waals surface area contributed by atoms with Crippen LogP contribution in [0.25, 0.3) is 5.65 Å². The van der Waals surface area contributed by atoms with Crippen LogP contribution in [0.15, 0.2) is 30.3 Å². The molecule has 2 unspecified atom stereocenters. The Morgan fingerprint density at radius 3 is 2.62 bits per heavy atom. The first kappa shape index (κ1) is 27.2. The highest BCUT2D eigenvalue weighted by atomic mass is 32.2. The molecule has 11 nitrogen and oxygen atoms in total. The predicted octanol–water partition coefficient (Wildman–Crippen LogP) is 2.63. The van der Waals surface area contributed by atoms with Gasteiger partial charge in [0, 0.05) is 51.9 Å². The van der Waals surface area contributed by atoms with Crippen molar-refractivity contribution < 1.29 is 13.2 Å². The Hall–Kier alpha value is -3.38. The van der Waals surface area contributed by atoms with Gasteiger partial charge in [-0.15, -0.1) is 0 Å². The van der Waals surface area contributed by atoms with E-state index in [1.54, 1.807) is 28.6 Å². The Labute approximate surface area is 230 Å². The molecule has 39 heavy (non-hydrogen) atoms. The van der Waals surface area contributed by atoms with E-state index in [4.69, 9.17) is 15.8 Å². The van der Waals surface area contributed by atoms with Gasteiger partial charge in [0.25, 0.3) is 5.91 Å². The number of benzene rings is 1. The number of hydrogen-bond donors (Lipinski definition) is 2. The molecule has 0 spiro atoms. The predicted molar refractivity (Wildman–Crippen MR) is 154 cm³/mol. The third-order valence-corrected chi connectivity index (χ3v) is 9.12. The third-order valence-electron chi connectivity index (χ3n) is 7.76. The lowest BCUT2D eigenvalue weighted by atomic mass is 10.0. The Kier molecular flexibility index (Phi) is 7.43. The molecule has 0 aliphatic carbocycles. The van der Waals surface area contributed by atoms with Crippen molar-refractivity contribution >= 4 is 38.9 Å². The number of fused-ring (bicyclic) bond motifs is 2. The maximum absolute atomic E-state index is 13.9. The van der Waals surface area contributed by atoms with E-state index in [9.17, 15) is 13.2 Å². The summed E-state index contributed by atoms with van der Waals surface area (Å²) in [6, 6.07) is 9.04. The summed E-state index contributed by atoms with van der Waals surface area (Å²) in [7, 11) is -0.00847. The lowest BCUT2D eigenvalue weighted by Crippen LogP contribution is -2.32. The van der Waals surface area contributed by atoms with Crippen molar-refractivity contribution in [2.45, 2.75) is 51.6 Å². The van der Waals surface area contributed by atoms with Crippen LogP contribution in [0.2, 0.25) is 0 Å². The van der Waals surface area contributed by atoms with E-state index in [0.29, 0.717) is 36.3 Å². The first-order valence-corrected chi connectivity index (χ1v) is 15.3. The first-order valence-electron chi connectivity index (χ1n) is 13.6. The van der Waals surface area contributed by atoms with Gasteiger partial charge in [0.1, 0.15) is 11.6 Å². The number of hydrogen-bond acceptors (Lipinski definition) is 8. The van der Waals surface area contributed by atoms with Crippen LogP contribution in [0.5, 0.6) is 0 Å². The first-order chi connectivity index (χ1) is 18.6. The molecule has 5 rings (SSSR count). The molecule has 210 valence electrons. The van der Waals surface area contributed by atoms with E-state index in [1.165, 1.54) is 0 Å². The number of nitrogens with zero attached hydrogens (tertiary/aromatic N) is 6. The number of carbonyl (C=O) groups excluding carboxylic acids is 1. The lowest BCUT2D eigenvalue weighted by molar-refractivity contribution is 0.0723. The van der Waals surface area contributed by atoms with Gasteiger partial charge in [-0.05, 0) is 43.4 Å². The van der Waals surface area contributed by atoms with E-state index in [1.807, 2.05) is 44.0 Å². The maximum Gasteiger partial charge on any atom is 0.256 e. The fourth-order valence-electron chi connectivity index (χ4n) is 5.47. The zero-order valence-corrected chi connectivity index (χ0v) is 23.9. The van der Waals surface area contributed by atoms with Gasteiger partial charge in [-0.3, -0.25) is 9.52 Å². The number of carbonyl (C=O) groups is 1. The fourth-order valence-corrected chi connectivity index (χ4v) is 6.59. The highest BCUT2D eigenvalue weighted by molar-refractivity contribution is 7.92. The number of aromatic nitrogens is 3. The van der Waals surface area contributed by atoms with Crippen LogP contribution in [0.4, 0.5) is 17.3 Å². The van der Waals surface area contributed by atoms with Crippen molar-refractivity contribution in [1.29, 1.82) is 0 Å². The summed E-state index contributed by atoms with van der Waals surface area (Å²) in [5, 5.41) is 4.93. The molecule has 1 saturated heterocycles. The fraction of sp³-hybridized carbons (Fsp3) is 0.519. The van der Waals surface area contributed by atoms with Gasteiger partial charge in [0.15, 0.2) is 5.65 Å². The summed E-state index contributed by atoms with van der Waals surface area (Å²) < 4.78 is 30.7. The van der Waals surface area contributed by atoms with Gasteiger partial charge in [-0.25, -0.2) is 13.4 Å². The number of amides is 1. The van der Waals surface area contributed by atoms with E-state index in [0.717, 1.165) is 48.8 Å². The van der Waals surface area contributed by atoms with Crippen LogP contribution >= 0.6 is 0 Å². The summed E-state index contributed by atoms with van der Waals surface area (Å²) in [6.45, 7) is 6.06. The van der Waals surface area contributed by atoms with E-state index < -0.39 is 10.0 Å². The molecule has 0 radical (unpaired) electrons. The Balaban J connectivity index is 1.64. The van der Waals surface area contributed by atoms with Gasteiger partial charge in [-0.2, -0.15) is 9.61 Å². The molecule has 2 bridgehead atoms. The Bertz CT molecular complexity index is 1490. The summed E-state index contributed by atoms with van der Waals surface area (Å²) >= 11 is 0. The standard InChI is InChI=1S/C27H38N8O3S/c1-5-18-8-9-21-20(14-18)27(36)33(4)23(6-2)22-15-25-29-24(34-12-10-19(28)17-34)16-26(35(25)30-22)32(3)11-7-13-39(37,38)31-21/h8-9,14-16,19,23,31H,5-7,10-13,17,28H2,1-4H3. The number of rotatable bonds is 3. The molecule has 3 aromatic rings. The topological polar surface area (TPSA) is 129 Å². The van der Waals surface area contributed by atoms with Gasteiger partial charge in [0.2, 0.25) is 10.0 Å². The molecule has 1 amide bonds. The minimum atomic E-state index is -3.68. The smallest absolute Gasteiger partial charge is 0.256 e. The molecule has 2 aliphatic rings. The quantitative estimate of drug-likeness (QED) is 0.506. The Morgan fingerprint density at radius 1 is 1.13 bits per heavy atom. The molecule has 2 atom stereocenters. The SMILES string of the molecule is CCc1ccc2c(c1)C(=O)N(C)C(CC)c1cc3nc(N4CCC(N)C4)cc(n3n1)N(C)CCCS(=O)(=O)N2. The van der Waals surface area contributed by atoms with Crippen molar-refractivity contribution in [3.63, 3.8) is 0 Å². The average molecular weight is 555 g/mol. The third kappa shape index (κ3) is 5.40. The van der Waals surface area contributed by atoms with Crippen LogP contribution in [-0.2, 0) is 16.4 Å². The van der Waals surface area contributed by atoms with Gasteiger partial charge >= 0.3 is 0 Å². The molecule has 2 aromatic heterocycles. The van der Waals surface area contributed by atoms with Gasteiger partial charge in [0.05, 0.1) is 28.7 Å². The summed E-state index contributed by atoms with van der Waals surface area (Å²) in [4.78, 5) is 24.6. The Morgan fingerprint density at radius 2 is 1.92 bits per heavy atom. The minimum absolute atomic E-state index is 0.0830. The van der Waals surface area contributed by atoms with Crippen molar-refractivity contribution in [1.82, 2.24) is 19.5 Å². The molecule has 2 aliphatic heterocycles. The summed E-state index contributed by atoms with van der Waals surface area (Å²) in [5.41, 5.74) is 9.18. The van der Waals surface area contributed by atoms with Crippen LogP contribution < -0.4 is 20.3 Å². The number of anilines is 3. The van der Waals surface area contributed by atoms with Crippen LogP contribution in [0.1, 0.15) is 60.8 Å². The largest absolute Gasteiger partial charge is 0.359 e. The summed E-state index contributed by atoms with van der Waals surface area (Å²) in [5.74, 6) is 1.28. The van der Waals surface area contributed by atoms with Crippen molar-refractivity contribution in [3.05, 3.63) is 47.2 Å². The average Bonchev–Trinajstić information content (AvgIpc) is 3.53. The highest BCUT2D eigenvalue weighted by Gasteiger charge is 2.29. The molecule has 3 N–H and O–H groups in total. The normalized spacial score (nSPS) is 22.1. The van der Waals surface area contributed by atoms with Crippen molar-refractivity contribution in [3.8, 4) is 0 Å². The second kappa shape index (κ2) is 10.6. The van der Waals surface area contributed by atoms with Crippen LogP contribution in [-0.4, -0.2) is 79.3 Å². The van der Waals surface area contributed by atoms with Crippen molar-refractivity contribution in [2.75, 3.05) is 54.0 Å². The van der Waals surface area contributed by atoms with E-state index in [-0.39, 0.29) is 23.7 Å². The van der Waals surface area contributed by atoms with E-state index >= 15 is 0 Å². The molecular formula is C27H38N8O3S. The number of sulfonamides is 1. The van der Waals surface area contributed by atoms with Crippen LogP contribution in [0.3, 0.4) is 0 Å². The number of aryl methyl sites for hydroxylation is 1. The van der Waals surface area contributed by atoms with Crippen LogP contribution in [0, 0.1) is 0 Å². The lowest BCUT2D eigenvalue weighted by Gasteiger charge is -2.27. The molecule has 1 aromatic carbocycles. The molecular weight excluding hydrogens is 516 g/mol.